The summed E-state index contributed by atoms with van der Waals surface area (Å²) in [6.07, 6.45) is 5.48. The van der Waals surface area contributed by atoms with E-state index in [1.165, 1.54) is 22.5 Å². The number of nitrogens with zero attached hydrogens (tertiary/aromatic N) is 3. The van der Waals surface area contributed by atoms with Crippen molar-refractivity contribution in [1.29, 1.82) is 0 Å². The highest BCUT2D eigenvalue weighted by molar-refractivity contribution is 5.43. The lowest BCUT2D eigenvalue weighted by Gasteiger charge is -2.26. The van der Waals surface area contributed by atoms with Crippen molar-refractivity contribution in [1.82, 2.24) is 14.8 Å². The van der Waals surface area contributed by atoms with Gasteiger partial charge in [0.1, 0.15) is 11.5 Å². The van der Waals surface area contributed by atoms with Gasteiger partial charge < -0.3 is 9.84 Å². The standard InChI is InChI=1S/C21H21N3O3/c1-13-17(4-3-5-19(13)27-2)14-6-8-18-15(10-14)11-23-24(21(18)26)20-9-7-16(25)12-22-20/h3-5,7,9,11-12,14,25H,6,8,10H2,1-2H3. The highest BCUT2D eigenvalue weighted by Crippen LogP contribution is 2.35. The molecule has 1 aromatic carbocycles. The SMILES string of the molecule is COc1cccc(C2CCc3c(cnn(-c4ccc(O)cn4)c3=O)C2)c1C. The normalized spacial score (nSPS) is 16.0. The number of aromatic nitrogens is 3. The molecular formula is C21H21N3O3. The van der Waals surface area contributed by atoms with E-state index in [0.717, 1.165) is 35.3 Å². The van der Waals surface area contributed by atoms with Crippen LogP contribution in [0.5, 0.6) is 11.5 Å². The molecule has 1 atom stereocenters. The molecule has 0 aliphatic heterocycles. The largest absolute Gasteiger partial charge is 0.506 e. The molecule has 0 radical (unpaired) electrons. The first-order valence-corrected chi connectivity index (χ1v) is 8.97. The van der Waals surface area contributed by atoms with Crippen LogP contribution in [0.15, 0.2) is 47.5 Å². The van der Waals surface area contributed by atoms with Crippen LogP contribution in [0.2, 0.25) is 0 Å². The summed E-state index contributed by atoms with van der Waals surface area (Å²) in [5.41, 5.74) is 4.09. The predicted molar refractivity (Wildman–Crippen MR) is 102 cm³/mol. The van der Waals surface area contributed by atoms with E-state index >= 15 is 0 Å². The Labute approximate surface area is 157 Å². The van der Waals surface area contributed by atoms with E-state index in [0.29, 0.717) is 18.2 Å². The van der Waals surface area contributed by atoms with Gasteiger partial charge in [0.15, 0.2) is 5.82 Å². The molecule has 2 heterocycles. The third-order valence-corrected chi connectivity index (χ3v) is 5.31. The summed E-state index contributed by atoms with van der Waals surface area (Å²) in [6.45, 7) is 2.08. The number of pyridine rings is 1. The minimum atomic E-state index is -0.133. The number of methoxy groups -OCH3 is 1. The summed E-state index contributed by atoms with van der Waals surface area (Å²) >= 11 is 0. The van der Waals surface area contributed by atoms with Crippen LogP contribution >= 0.6 is 0 Å². The van der Waals surface area contributed by atoms with Crippen molar-refractivity contribution in [3.05, 3.63) is 75.3 Å². The number of hydrogen-bond acceptors (Lipinski definition) is 5. The minimum absolute atomic E-state index is 0.0567. The average Bonchev–Trinajstić information content (AvgIpc) is 2.69. The van der Waals surface area contributed by atoms with Gasteiger partial charge in [0.2, 0.25) is 0 Å². The summed E-state index contributed by atoms with van der Waals surface area (Å²) in [5, 5.41) is 13.7. The van der Waals surface area contributed by atoms with Gasteiger partial charge in [-0.1, -0.05) is 12.1 Å². The van der Waals surface area contributed by atoms with Crippen LogP contribution < -0.4 is 10.3 Å². The Hall–Kier alpha value is -3.15. The lowest BCUT2D eigenvalue weighted by atomic mass is 9.79. The molecule has 3 aromatic rings. The van der Waals surface area contributed by atoms with E-state index in [-0.39, 0.29) is 11.3 Å². The average molecular weight is 363 g/mol. The van der Waals surface area contributed by atoms with E-state index in [9.17, 15) is 9.90 Å². The zero-order valence-electron chi connectivity index (χ0n) is 15.3. The molecule has 1 aliphatic rings. The number of hydrogen-bond donors (Lipinski definition) is 1. The van der Waals surface area contributed by atoms with Crippen LogP contribution in [0.4, 0.5) is 0 Å². The van der Waals surface area contributed by atoms with Gasteiger partial charge in [-0.15, -0.1) is 0 Å². The molecule has 1 N–H and O–H groups in total. The van der Waals surface area contributed by atoms with Gasteiger partial charge in [0.05, 0.1) is 19.5 Å². The fourth-order valence-electron chi connectivity index (χ4n) is 3.88. The second kappa shape index (κ2) is 6.87. The Balaban J connectivity index is 1.68. The number of fused-ring (bicyclic) bond motifs is 1. The highest BCUT2D eigenvalue weighted by Gasteiger charge is 2.25. The van der Waals surface area contributed by atoms with Crippen LogP contribution in [0, 0.1) is 6.92 Å². The molecule has 4 rings (SSSR count). The quantitative estimate of drug-likeness (QED) is 0.774. The molecule has 6 heteroatoms. The van der Waals surface area contributed by atoms with Gasteiger partial charge in [-0.2, -0.15) is 9.78 Å². The summed E-state index contributed by atoms with van der Waals surface area (Å²) in [4.78, 5) is 17.0. The van der Waals surface area contributed by atoms with Crippen molar-refractivity contribution < 1.29 is 9.84 Å². The molecule has 1 aliphatic carbocycles. The third-order valence-electron chi connectivity index (χ3n) is 5.31. The zero-order chi connectivity index (χ0) is 19.0. The summed E-state index contributed by atoms with van der Waals surface area (Å²) in [6, 6.07) is 9.21. The Bertz CT molecular complexity index is 1040. The Morgan fingerprint density at radius 3 is 2.81 bits per heavy atom. The van der Waals surface area contributed by atoms with Crippen molar-refractivity contribution in [3.8, 4) is 17.3 Å². The summed E-state index contributed by atoms with van der Waals surface area (Å²) in [5.74, 6) is 1.70. The van der Waals surface area contributed by atoms with Crippen LogP contribution in [-0.4, -0.2) is 27.0 Å². The van der Waals surface area contributed by atoms with Gasteiger partial charge in [-0.25, -0.2) is 4.98 Å². The topological polar surface area (TPSA) is 77.2 Å². The van der Waals surface area contributed by atoms with Crippen LogP contribution in [-0.2, 0) is 12.8 Å². The highest BCUT2D eigenvalue weighted by atomic mass is 16.5. The maximum absolute atomic E-state index is 12.9. The molecule has 0 saturated heterocycles. The zero-order valence-corrected chi connectivity index (χ0v) is 15.3. The maximum atomic E-state index is 12.9. The molecule has 0 fully saturated rings. The lowest BCUT2D eigenvalue weighted by Crippen LogP contribution is -2.30. The minimum Gasteiger partial charge on any atom is -0.506 e. The van der Waals surface area contributed by atoms with Crippen LogP contribution in [0.25, 0.3) is 5.82 Å². The Morgan fingerprint density at radius 1 is 1.22 bits per heavy atom. The number of ether oxygens (including phenoxy) is 1. The first-order chi connectivity index (χ1) is 13.1. The van der Waals surface area contributed by atoms with Gasteiger partial charge in [-0.05, 0) is 67.0 Å². The van der Waals surface area contributed by atoms with Gasteiger partial charge in [-0.3, -0.25) is 4.79 Å². The van der Waals surface area contributed by atoms with E-state index in [1.54, 1.807) is 19.4 Å². The number of benzene rings is 1. The monoisotopic (exact) mass is 363 g/mol. The van der Waals surface area contributed by atoms with Crippen molar-refractivity contribution >= 4 is 0 Å². The van der Waals surface area contributed by atoms with E-state index in [4.69, 9.17) is 4.74 Å². The second-order valence-corrected chi connectivity index (χ2v) is 6.85. The molecular weight excluding hydrogens is 342 g/mol. The molecule has 0 bridgehead atoms. The first kappa shape index (κ1) is 17.3. The number of aromatic hydroxyl groups is 1. The molecule has 2 aromatic heterocycles. The Morgan fingerprint density at radius 2 is 2.07 bits per heavy atom. The van der Waals surface area contributed by atoms with E-state index < -0.39 is 0 Å². The van der Waals surface area contributed by atoms with E-state index in [1.807, 2.05) is 12.1 Å². The molecule has 138 valence electrons. The fraction of sp³-hybridized carbons (Fsp3) is 0.286. The predicted octanol–water partition coefficient (Wildman–Crippen LogP) is 2.92. The fourth-order valence-corrected chi connectivity index (χ4v) is 3.88. The van der Waals surface area contributed by atoms with Gasteiger partial charge >= 0.3 is 0 Å². The van der Waals surface area contributed by atoms with Crippen LogP contribution in [0.1, 0.15) is 34.6 Å². The number of rotatable bonds is 3. The first-order valence-electron chi connectivity index (χ1n) is 8.97. The van der Waals surface area contributed by atoms with Crippen molar-refractivity contribution in [2.75, 3.05) is 7.11 Å². The van der Waals surface area contributed by atoms with Crippen molar-refractivity contribution in [2.24, 2.45) is 0 Å². The van der Waals surface area contributed by atoms with Gasteiger partial charge in [0, 0.05) is 5.56 Å². The molecule has 6 nitrogen and oxygen atoms in total. The summed E-state index contributed by atoms with van der Waals surface area (Å²) < 4.78 is 6.75. The van der Waals surface area contributed by atoms with Crippen molar-refractivity contribution in [3.63, 3.8) is 0 Å². The van der Waals surface area contributed by atoms with Crippen molar-refractivity contribution in [2.45, 2.75) is 32.1 Å². The third kappa shape index (κ3) is 3.07. The van der Waals surface area contributed by atoms with Crippen LogP contribution in [0.3, 0.4) is 0 Å². The molecule has 0 amide bonds. The van der Waals surface area contributed by atoms with Gasteiger partial charge in [0.25, 0.3) is 5.56 Å². The Kier molecular flexibility index (Phi) is 4.39. The molecule has 27 heavy (non-hydrogen) atoms. The maximum Gasteiger partial charge on any atom is 0.276 e. The lowest BCUT2D eigenvalue weighted by molar-refractivity contribution is 0.409. The molecule has 1 unspecified atom stereocenters. The second-order valence-electron chi connectivity index (χ2n) is 6.85. The smallest absolute Gasteiger partial charge is 0.276 e. The summed E-state index contributed by atoms with van der Waals surface area (Å²) in [7, 11) is 1.69. The molecule has 0 saturated carbocycles. The molecule has 0 spiro atoms. The van der Waals surface area contributed by atoms with E-state index in [2.05, 4.69) is 23.1 Å².